The molecule has 1 aliphatic rings. The number of carbonyl (C=O) groups is 1. The van der Waals surface area contributed by atoms with Crippen LogP contribution < -0.4 is 5.32 Å². The molecule has 2 aromatic rings. The number of aromatic nitrogens is 3. The van der Waals surface area contributed by atoms with Crippen molar-refractivity contribution in [1.29, 1.82) is 0 Å². The molecule has 27 heavy (non-hydrogen) atoms. The molecule has 1 unspecified atom stereocenters. The third-order valence-corrected chi connectivity index (χ3v) is 4.88. The molecule has 0 radical (unpaired) electrons. The van der Waals surface area contributed by atoms with E-state index in [4.69, 9.17) is 16.3 Å². The van der Waals surface area contributed by atoms with E-state index in [2.05, 4.69) is 36.3 Å². The summed E-state index contributed by atoms with van der Waals surface area (Å²) >= 11 is 9.61. The molecule has 1 aliphatic heterocycles. The maximum atomic E-state index is 13.5. The topological polar surface area (TPSA) is 81.4 Å². The van der Waals surface area contributed by atoms with Gasteiger partial charge in [-0.25, -0.2) is 14.2 Å². The summed E-state index contributed by atoms with van der Waals surface area (Å²) in [7, 11) is 1.29. The number of methoxy groups -OCH3 is 1. The van der Waals surface area contributed by atoms with Crippen molar-refractivity contribution in [3.8, 4) is 0 Å². The van der Waals surface area contributed by atoms with Gasteiger partial charge in [0, 0.05) is 28.2 Å². The Morgan fingerprint density at radius 1 is 1.48 bits per heavy atom. The first-order valence-electron chi connectivity index (χ1n) is 8.05. The van der Waals surface area contributed by atoms with Crippen molar-refractivity contribution in [2.24, 2.45) is 4.99 Å². The Balaban J connectivity index is 2.15. The van der Waals surface area contributed by atoms with Crippen molar-refractivity contribution in [2.45, 2.75) is 19.5 Å². The quantitative estimate of drug-likeness (QED) is 0.552. The molecule has 1 aromatic heterocycles. The number of hydrogen-bond acceptors (Lipinski definition) is 6. The number of halogens is 3. The fraction of sp³-hybridized carbons (Fsp3) is 0.294. The number of alkyl halides is 1. The highest BCUT2D eigenvalue weighted by Gasteiger charge is 2.33. The van der Waals surface area contributed by atoms with Crippen molar-refractivity contribution in [2.75, 3.05) is 12.4 Å². The lowest BCUT2D eigenvalue weighted by Crippen LogP contribution is -2.35. The van der Waals surface area contributed by atoms with Gasteiger partial charge in [0.2, 0.25) is 5.82 Å². The van der Waals surface area contributed by atoms with Crippen LogP contribution in [-0.2, 0) is 16.1 Å². The summed E-state index contributed by atoms with van der Waals surface area (Å²) in [5.74, 6) is -0.274. The first-order chi connectivity index (χ1) is 13.0. The van der Waals surface area contributed by atoms with E-state index in [0.717, 1.165) is 0 Å². The SMILES string of the molecule is CCn1cnc(C2=NC(c3ccc(F)cc3Cl)C(C(=O)OC)=C(CBr)N2)n1. The van der Waals surface area contributed by atoms with Gasteiger partial charge >= 0.3 is 5.97 Å². The number of allylic oxidation sites excluding steroid dienone is 1. The molecule has 0 amide bonds. The van der Waals surface area contributed by atoms with Gasteiger partial charge < -0.3 is 10.1 Å². The summed E-state index contributed by atoms with van der Waals surface area (Å²) in [5, 5.41) is 7.91. The Hall–Kier alpha value is -2.26. The van der Waals surface area contributed by atoms with E-state index in [1.54, 1.807) is 11.0 Å². The van der Waals surface area contributed by atoms with Gasteiger partial charge in [0.1, 0.15) is 18.2 Å². The van der Waals surface area contributed by atoms with Crippen LogP contribution in [-0.4, -0.2) is 39.0 Å². The minimum Gasteiger partial charge on any atom is -0.466 e. The van der Waals surface area contributed by atoms with E-state index in [1.807, 2.05) is 6.92 Å². The van der Waals surface area contributed by atoms with Gasteiger partial charge in [-0.3, -0.25) is 9.67 Å². The molecule has 1 N–H and O–H groups in total. The minimum absolute atomic E-state index is 0.160. The molecular formula is C17H16BrClFN5O2. The zero-order chi connectivity index (χ0) is 19.6. The standard InChI is InChI=1S/C17H16BrClFN5O2/c1-3-25-8-21-15(24-25)16-22-12(7-18)13(17(26)27-2)14(23-16)10-5-4-9(20)6-11(10)19/h4-6,8,14H,3,7H2,1-2H3,(H,22,23). The Kier molecular flexibility index (Phi) is 5.91. The van der Waals surface area contributed by atoms with Crippen LogP contribution >= 0.6 is 27.5 Å². The number of nitrogens with zero attached hydrogens (tertiary/aromatic N) is 4. The Morgan fingerprint density at radius 3 is 2.85 bits per heavy atom. The van der Waals surface area contributed by atoms with Crippen LogP contribution in [0, 0.1) is 5.82 Å². The minimum atomic E-state index is -0.789. The fourth-order valence-corrected chi connectivity index (χ4v) is 3.38. The highest BCUT2D eigenvalue weighted by Crippen LogP contribution is 2.36. The maximum Gasteiger partial charge on any atom is 0.338 e. The van der Waals surface area contributed by atoms with Crippen LogP contribution in [0.2, 0.25) is 5.02 Å². The van der Waals surface area contributed by atoms with Crippen LogP contribution in [0.5, 0.6) is 0 Å². The summed E-state index contributed by atoms with van der Waals surface area (Å²) < 4.78 is 20.1. The van der Waals surface area contributed by atoms with Crippen LogP contribution in [0.3, 0.4) is 0 Å². The van der Waals surface area contributed by atoms with Gasteiger partial charge in [-0.2, -0.15) is 0 Å². The monoisotopic (exact) mass is 455 g/mol. The molecule has 1 aromatic carbocycles. The largest absolute Gasteiger partial charge is 0.466 e. The highest BCUT2D eigenvalue weighted by atomic mass is 79.9. The molecule has 0 fully saturated rings. The van der Waals surface area contributed by atoms with Gasteiger partial charge in [0.05, 0.1) is 12.7 Å². The van der Waals surface area contributed by atoms with E-state index in [1.165, 1.54) is 25.3 Å². The number of aryl methyl sites for hydroxylation is 1. The summed E-state index contributed by atoms with van der Waals surface area (Å²) in [6.07, 6.45) is 1.59. The maximum absolute atomic E-state index is 13.5. The fourth-order valence-electron chi connectivity index (χ4n) is 2.67. The average molecular weight is 457 g/mol. The van der Waals surface area contributed by atoms with Crippen molar-refractivity contribution < 1.29 is 13.9 Å². The summed E-state index contributed by atoms with van der Waals surface area (Å²) in [6, 6.07) is 3.16. The van der Waals surface area contributed by atoms with Crippen molar-refractivity contribution in [3.05, 3.63) is 58.0 Å². The summed E-state index contributed by atoms with van der Waals surface area (Å²) in [6.45, 7) is 2.59. The van der Waals surface area contributed by atoms with Gasteiger partial charge in [-0.15, -0.1) is 5.10 Å². The van der Waals surface area contributed by atoms with E-state index >= 15 is 0 Å². The Labute approximate surface area is 168 Å². The third kappa shape index (κ3) is 3.89. The molecule has 7 nitrogen and oxygen atoms in total. The second kappa shape index (κ2) is 8.18. The molecule has 0 bridgehead atoms. The van der Waals surface area contributed by atoms with Crippen LogP contribution in [0.15, 0.2) is 40.8 Å². The molecule has 2 heterocycles. The average Bonchev–Trinajstić information content (AvgIpc) is 3.15. The van der Waals surface area contributed by atoms with Gasteiger partial charge in [-0.1, -0.05) is 33.6 Å². The van der Waals surface area contributed by atoms with Crippen molar-refractivity contribution in [1.82, 2.24) is 20.1 Å². The van der Waals surface area contributed by atoms with Gasteiger partial charge in [0.15, 0.2) is 5.84 Å². The van der Waals surface area contributed by atoms with E-state index in [0.29, 0.717) is 34.8 Å². The zero-order valence-corrected chi connectivity index (χ0v) is 16.9. The van der Waals surface area contributed by atoms with E-state index < -0.39 is 17.8 Å². The second-order valence-corrected chi connectivity index (χ2v) is 6.58. The zero-order valence-electron chi connectivity index (χ0n) is 14.5. The van der Waals surface area contributed by atoms with Crippen LogP contribution in [0.25, 0.3) is 0 Å². The number of ether oxygens (including phenoxy) is 1. The molecule has 1 atom stereocenters. The number of benzene rings is 1. The number of carbonyl (C=O) groups excluding carboxylic acids is 1. The Bertz CT molecular complexity index is 943. The molecule has 0 saturated heterocycles. The predicted octanol–water partition coefficient (Wildman–Crippen LogP) is 3.00. The number of hydrogen-bond donors (Lipinski definition) is 1. The summed E-state index contributed by atoms with van der Waals surface area (Å²) in [4.78, 5) is 21.3. The first kappa shape index (κ1) is 19.5. The molecule has 0 saturated carbocycles. The van der Waals surface area contributed by atoms with E-state index in [9.17, 15) is 9.18 Å². The lowest BCUT2D eigenvalue weighted by molar-refractivity contribution is -0.136. The molecule has 3 rings (SSSR count). The first-order valence-corrected chi connectivity index (χ1v) is 9.55. The number of aliphatic imine (C=N–C) groups is 1. The lowest BCUT2D eigenvalue weighted by Gasteiger charge is -2.26. The number of rotatable bonds is 5. The van der Waals surface area contributed by atoms with E-state index in [-0.39, 0.29) is 10.6 Å². The smallest absolute Gasteiger partial charge is 0.338 e. The highest BCUT2D eigenvalue weighted by molar-refractivity contribution is 9.09. The Morgan fingerprint density at radius 2 is 2.26 bits per heavy atom. The molecule has 0 spiro atoms. The van der Waals surface area contributed by atoms with Gasteiger partial charge in [0.25, 0.3) is 0 Å². The van der Waals surface area contributed by atoms with Crippen molar-refractivity contribution in [3.63, 3.8) is 0 Å². The third-order valence-electron chi connectivity index (χ3n) is 3.99. The molecule has 10 heteroatoms. The lowest BCUT2D eigenvalue weighted by atomic mass is 9.96. The predicted molar refractivity (Wildman–Crippen MR) is 102 cm³/mol. The van der Waals surface area contributed by atoms with Crippen LogP contribution in [0.4, 0.5) is 4.39 Å². The number of esters is 1. The van der Waals surface area contributed by atoms with Gasteiger partial charge in [-0.05, 0) is 19.1 Å². The number of nitrogens with one attached hydrogen (secondary N) is 1. The number of amidine groups is 1. The molecular weight excluding hydrogens is 441 g/mol. The van der Waals surface area contributed by atoms with Crippen LogP contribution in [0.1, 0.15) is 24.4 Å². The van der Waals surface area contributed by atoms with Crippen molar-refractivity contribution >= 4 is 39.3 Å². The second-order valence-electron chi connectivity index (χ2n) is 5.61. The summed E-state index contributed by atoms with van der Waals surface area (Å²) in [5.41, 5.74) is 1.30. The molecule has 142 valence electrons. The normalized spacial score (nSPS) is 16.8. The molecule has 0 aliphatic carbocycles.